The van der Waals surface area contributed by atoms with Gasteiger partial charge in [-0.2, -0.15) is 0 Å². The van der Waals surface area contributed by atoms with Crippen molar-refractivity contribution in [3.8, 4) is 0 Å². The Morgan fingerprint density at radius 3 is 2.30 bits per heavy atom. The lowest BCUT2D eigenvalue weighted by molar-refractivity contribution is -0.128. The van der Waals surface area contributed by atoms with Crippen molar-refractivity contribution >= 4 is 38.9 Å². The van der Waals surface area contributed by atoms with Gasteiger partial charge in [-0.15, -0.1) is 0 Å². The van der Waals surface area contributed by atoms with Gasteiger partial charge in [0.25, 0.3) is 0 Å². The summed E-state index contributed by atoms with van der Waals surface area (Å²) < 4.78 is 25.4. The van der Waals surface area contributed by atoms with E-state index < -0.39 is 10.0 Å². The van der Waals surface area contributed by atoms with Crippen LogP contribution in [0.5, 0.6) is 0 Å². The summed E-state index contributed by atoms with van der Waals surface area (Å²) in [4.78, 5) is 14.9. The lowest BCUT2D eigenvalue weighted by atomic mass is 10.3. The number of nitrogens with one attached hydrogen (secondary N) is 1. The quantitative estimate of drug-likeness (QED) is 0.780. The van der Waals surface area contributed by atoms with Crippen LogP contribution in [-0.4, -0.2) is 75.3 Å². The fourth-order valence-electron chi connectivity index (χ4n) is 1.58. The van der Waals surface area contributed by atoms with E-state index in [9.17, 15) is 13.2 Å². The van der Waals surface area contributed by atoms with Crippen LogP contribution in [0.15, 0.2) is 29.2 Å². The van der Waals surface area contributed by atoms with Crippen molar-refractivity contribution in [2.45, 2.75) is 4.90 Å². The Bertz CT molecular complexity index is 687. The fraction of sp³-hybridized carbons (Fsp3) is 0.429. The van der Waals surface area contributed by atoms with Crippen molar-refractivity contribution in [2.75, 3.05) is 47.1 Å². The highest BCUT2D eigenvalue weighted by Gasteiger charge is 2.18. The Balaban J connectivity index is 2.86. The van der Waals surface area contributed by atoms with E-state index in [0.29, 0.717) is 10.8 Å². The molecule has 0 radical (unpaired) electrons. The Morgan fingerprint density at radius 2 is 1.78 bits per heavy atom. The molecule has 0 fully saturated rings. The van der Waals surface area contributed by atoms with Gasteiger partial charge in [-0.1, -0.05) is 6.07 Å². The standard InChI is InChI=1S/C14H22N4O3S2/c1-16(2)13(19)10-18(5)14(22)15-11-7-6-8-12(9-11)23(20,21)17(3)4/h6-9H,10H2,1-5H3,(H,15,22). The topological polar surface area (TPSA) is 73.0 Å². The summed E-state index contributed by atoms with van der Waals surface area (Å²) in [5.74, 6) is -0.0828. The van der Waals surface area contributed by atoms with Gasteiger partial charge in [-0.05, 0) is 30.4 Å². The predicted octanol–water partition coefficient (Wildman–Crippen LogP) is 0.654. The van der Waals surface area contributed by atoms with E-state index in [-0.39, 0.29) is 17.3 Å². The molecule has 0 bridgehead atoms. The average molecular weight is 358 g/mol. The number of nitrogens with zero attached hydrogens (tertiary/aromatic N) is 3. The number of hydrogen-bond acceptors (Lipinski definition) is 4. The molecule has 128 valence electrons. The first-order chi connectivity index (χ1) is 10.6. The van der Waals surface area contributed by atoms with Gasteiger partial charge < -0.3 is 15.1 Å². The number of anilines is 1. The SMILES string of the molecule is CN(C)C(=O)CN(C)C(=S)Nc1cccc(S(=O)(=O)N(C)C)c1. The van der Waals surface area contributed by atoms with Crippen molar-refractivity contribution in [3.63, 3.8) is 0 Å². The van der Waals surface area contributed by atoms with E-state index in [4.69, 9.17) is 12.2 Å². The van der Waals surface area contributed by atoms with Crippen LogP contribution in [0.25, 0.3) is 0 Å². The maximum Gasteiger partial charge on any atom is 0.242 e. The molecule has 7 nitrogen and oxygen atoms in total. The number of rotatable bonds is 5. The monoisotopic (exact) mass is 358 g/mol. The van der Waals surface area contributed by atoms with Crippen molar-refractivity contribution in [3.05, 3.63) is 24.3 Å². The highest BCUT2D eigenvalue weighted by molar-refractivity contribution is 7.89. The predicted molar refractivity (Wildman–Crippen MR) is 94.9 cm³/mol. The molecule has 0 saturated carbocycles. The Hall–Kier alpha value is -1.71. The molecule has 0 atom stereocenters. The summed E-state index contributed by atoms with van der Waals surface area (Å²) >= 11 is 5.24. The minimum Gasteiger partial charge on any atom is -0.347 e. The number of amides is 1. The molecule has 0 spiro atoms. The van der Waals surface area contributed by atoms with Gasteiger partial charge in [-0.3, -0.25) is 4.79 Å². The van der Waals surface area contributed by atoms with Crippen molar-refractivity contribution < 1.29 is 13.2 Å². The van der Waals surface area contributed by atoms with Crippen molar-refractivity contribution in [1.29, 1.82) is 0 Å². The number of carbonyl (C=O) groups is 1. The lowest BCUT2D eigenvalue weighted by Gasteiger charge is -2.22. The van der Waals surface area contributed by atoms with Gasteiger partial charge in [0, 0.05) is 40.9 Å². The van der Waals surface area contributed by atoms with E-state index in [1.165, 1.54) is 31.1 Å². The normalized spacial score (nSPS) is 11.2. The summed E-state index contributed by atoms with van der Waals surface area (Å²) in [5, 5.41) is 3.27. The van der Waals surface area contributed by atoms with E-state index >= 15 is 0 Å². The van der Waals surface area contributed by atoms with Gasteiger partial charge in [0.2, 0.25) is 15.9 Å². The van der Waals surface area contributed by atoms with Gasteiger partial charge in [-0.25, -0.2) is 12.7 Å². The summed E-state index contributed by atoms with van der Waals surface area (Å²) in [5.41, 5.74) is 0.544. The van der Waals surface area contributed by atoms with E-state index in [0.717, 1.165) is 4.31 Å². The van der Waals surface area contributed by atoms with Crippen LogP contribution in [0.4, 0.5) is 5.69 Å². The highest BCUT2D eigenvalue weighted by Crippen LogP contribution is 2.18. The Morgan fingerprint density at radius 1 is 1.17 bits per heavy atom. The minimum absolute atomic E-state index is 0.0828. The van der Waals surface area contributed by atoms with Crippen LogP contribution in [0, 0.1) is 0 Å². The van der Waals surface area contributed by atoms with Crippen molar-refractivity contribution in [1.82, 2.24) is 14.1 Å². The maximum absolute atomic E-state index is 12.1. The molecule has 0 aromatic heterocycles. The second kappa shape index (κ2) is 7.71. The zero-order chi connectivity index (χ0) is 17.8. The average Bonchev–Trinajstić information content (AvgIpc) is 2.46. The number of likely N-dealkylation sites (N-methyl/N-ethyl adjacent to an activating group) is 2. The Labute approximate surface area is 142 Å². The van der Waals surface area contributed by atoms with E-state index in [2.05, 4.69) is 5.32 Å². The highest BCUT2D eigenvalue weighted by atomic mass is 32.2. The van der Waals surface area contributed by atoms with Gasteiger partial charge >= 0.3 is 0 Å². The van der Waals surface area contributed by atoms with Crippen LogP contribution in [0.2, 0.25) is 0 Å². The zero-order valence-corrected chi connectivity index (χ0v) is 15.5. The first-order valence-electron chi connectivity index (χ1n) is 6.80. The molecule has 1 amide bonds. The maximum atomic E-state index is 12.1. The van der Waals surface area contributed by atoms with Gasteiger partial charge in [0.1, 0.15) is 0 Å². The first kappa shape index (κ1) is 19.3. The lowest BCUT2D eigenvalue weighted by Crippen LogP contribution is -2.39. The van der Waals surface area contributed by atoms with Gasteiger partial charge in [0.05, 0.1) is 11.4 Å². The molecule has 1 aromatic carbocycles. The molecular formula is C14H22N4O3S2. The van der Waals surface area contributed by atoms with Crippen molar-refractivity contribution in [2.24, 2.45) is 0 Å². The van der Waals surface area contributed by atoms with E-state index in [1.54, 1.807) is 38.2 Å². The Kier molecular flexibility index (Phi) is 6.48. The molecular weight excluding hydrogens is 336 g/mol. The van der Waals surface area contributed by atoms with Crippen LogP contribution < -0.4 is 5.32 Å². The van der Waals surface area contributed by atoms with Crippen LogP contribution >= 0.6 is 12.2 Å². The molecule has 0 saturated heterocycles. The molecule has 0 aliphatic heterocycles. The molecule has 1 aromatic rings. The third kappa shape index (κ3) is 5.15. The van der Waals surface area contributed by atoms with Crippen LogP contribution in [0.3, 0.4) is 0 Å². The molecule has 0 aliphatic rings. The summed E-state index contributed by atoms with van der Waals surface area (Å²) in [7, 11) is 4.47. The first-order valence-corrected chi connectivity index (χ1v) is 8.65. The van der Waals surface area contributed by atoms with Crippen LogP contribution in [-0.2, 0) is 14.8 Å². The molecule has 9 heteroatoms. The third-order valence-electron chi connectivity index (χ3n) is 3.08. The number of sulfonamides is 1. The zero-order valence-electron chi connectivity index (χ0n) is 13.9. The minimum atomic E-state index is -3.51. The van der Waals surface area contributed by atoms with Crippen LogP contribution in [0.1, 0.15) is 0 Å². The number of benzene rings is 1. The molecule has 0 aliphatic carbocycles. The van der Waals surface area contributed by atoms with Gasteiger partial charge in [0.15, 0.2) is 5.11 Å². The third-order valence-corrected chi connectivity index (χ3v) is 5.31. The molecule has 1 N–H and O–H groups in total. The molecule has 0 unspecified atom stereocenters. The number of thiocarbonyl (C=S) groups is 1. The number of carbonyl (C=O) groups excluding carboxylic acids is 1. The largest absolute Gasteiger partial charge is 0.347 e. The second-order valence-corrected chi connectivity index (χ2v) is 7.93. The summed E-state index contributed by atoms with van der Waals surface area (Å²) in [6, 6.07) is 6.36. The number of hydrogen-bond donors (Lipinski definition) is 1. The second-order valence-electron chi connectivity index (χ2n) is 5.39. The molecule has 23 heavy (non-hydrogen) atoms. The smallest absolute Gasteiger partial charge is 0.242 e. The van der Waals surface area contributed by atoms with E-state index in [1.807, 2.05) is 0 Å². The molecule has 0 heterocycles. The summed E-state index contributed by atoms with van der Waals surface area (Å²) in [6.45, 7) is 0.133. The molecule has 1 rings (SSSR count). The summed E-state index contributed by atoms with van der Waals surface area (Å²) in [6.07, 6.45) is 0. The fourth-order valence-corrected chi connectivity index (χ4v) is 2.71.